The minimum absolute atomic E-state index is 0.117. The van der Waals surface area contributed by atoms with Gasteiger partial charge in [0, 0.05) is 19.1 Å². The second-order valence-corrected chi connectivity index (χ2v) is 12.5. The average Bonchev–Trinajstić information content (AvgIpc) is 3.02. The largest absolute Gasteiger partial charge is 0.483 e. The molecule has 0 spiro atoms. The van der Waals surface area contributed by atoms with E-state index in [1.165, 1.54) is 0 Å². The number of carbonyl (C=O) groups is 3. The molecule has 4 atom stereocenters. The Morgan fingerprint density at radius 3 is 2.09 bits per heavy atom. The molecule has 4 amide bonds. The fraction of sp³-hybridized carbons (Fsp3) is 0.432. The maximum Gasteiger partial charge on any atom is 0.318 e. The highest BCUT2D eigenvalue weighted by molar-refractivity contribution is 5.87. The summed E-state index contributed by atoms with van der Waals surface area (Å²) in [7, 11) is 0. The molecule has 9 heteroatoms. The van der Waals surface area contributed by atoms with Crippen molar-refractivity contribution in [1.82, 2.24) is 20.9 Å². The standard InChI is InChI=1S/C37H48N4O5/c1-25(2)34(41-20-12-19-38-37(41)45)36(44)39-30(21-28-15-7-5-8-16-28)23-32(42)31(22-29-17-9-6-10-18-29)40-33(43)24-46-35-26(3)13-11-14-27(35)4/h5-11,13-18,25,30-32,34,42H,12,19-24H2,1-4H3,(H,38,45)(H,39,44)(H,40,43)/t30-,31-,32+,34-/m0/s1. The smallest absolute Gasteiger partial charge is 0.318 e. The van der Waals surface area contributed by atoms with Crippen LogP contribution in [-0.4, -0.2) is 71.8 Å². The van der Waals surface area contributed by atoms with Gasteiger partial charge in [-0.15, -0.1) is 0 Å². The van der Waals surface area contributed by atoms with Crippen molar-refractivity contribution in [1.29, 1.82) is 0 Å². The van der Waals surface area contributed by atoms with E-state index >= 15 is 0 Å². The number of aliphatic hydroxyl groups is 1. The summed E-state index contributed by atoms with van der Waals surface area (Å²) in [6.45, 7) is 8.63. The maximum absolute atomic E-state index is 13.8. The summed E-state index contributed by atoms with van der Waals surface area (Å²) >= 11 is 0. The zero-order valence-corrected chi connectivity index (χ0v) is 27.4. The highest BCUT2D eigenvalue weighted by Gasteiger charge is 2.35. The summed E-state index contributed by atoms with van der Waals surface area (Å²) in [5, 5.41) is 20.7. The average molecular weight is 629 g/mol. The third-order valence-corrected chi connectivity index (χ3v) is 8.41. The number of nitrogens with zero attached hydrogens (tertiary/aromatic N) is 1. The fourth-order valence-corrected chi connectivity index (χ4v) is 6.12. The molecular weight excluding hydrogens is 580 g/mol. The Hall–Kier alpha value is -4.37. The molecule has 4 N–H and O–H groups in total. The van der Waals surface area contributed by atoms with Crippen LogP contribution in [-0.2, 0) is 22.4 Å². The number of urea groups is 1. The molecule has 46 heavy (non-hydrogen) atoms. The van der Waals surface area contributed by atoms with E-state index in [1.54, 1.807) is 4.90 Å². The van der Waals surface area contributed by atoms with Gasteiger partial charge in [0.05, 0.1) is 12.1 Å². The van der Waals surface area contributed by atoms with E-state index in [4.69, 9.17) is 4.74 Å². The molecule has 1 aliphatic heterocycles. The van der Waals surface area contributed by atoms with Crippen molar-refractivity contribution in [2.45, 2.75) is 77.6 Å². The normalized spacial score (nSPS) is 15.8. The van der Waals surface area contributed by atoms with Gasteiger partial charge in [0.2, 0.25) is 5.91 Å². The van der Waals surface area contributed by atoms with Crippen LogP contribution < -0.4 is 20.7 Å². The molecule has 4 rings (SSSR count). The van der Waals surface area contributed by atoms with E-state index in [9.17, 15) is 19.5 Å². The molecule has 0 saturated carbocycles. The Morgan fingerprint density at radius 2 is 1.50 bits per heavy atom. The first kappa shape index (κ1) is 34.5. The monoisotopic (exact) mass is 628 g/mol. The van der Waals surface area contributed by atoms with E-state index < -0.39 is 24.2 Å². The predicted octanol–water partition coefficient (Wildman–Crippen LogP) is 4.33. The Kier molecular flexibility index (Phi) is 12.6. The van der Waals surface area contributed by atoms with Gasteiger partial charge in [0.1, 0.15) is 11.8 Å². The maximum atomic E-state index is 13.8. The van der Waals surface area contributed by atoms with Crippen molar-refractivity contribution in [3.05, 3.63) is 101 Å². The molecule has 1 aliphatic rings. The summed E-state index contributed by atoms with van der Waals surface area (Å²) < 4.78 is 5.90. The van der Waals surface area contributed by atoms with Gasteiger partial charge in [0.15, 0.2) is 6.61 Å². The predicted molar refractivity (Wildman–Crippen MR) is 180 cm³/mol. The molecule has 1 fully saturated rings. The van der Waals surface area contributed by atoms with Gasteiger partial charge >= 0.3 is 6.03 Å². The third kappa shape index (κ3) is 9.81. The van der Waals surface area contributed by atoms with Crippen LogP contribution in [0.15, 0.2) is 78.9 Å². The van der Waals surface area contributed by atoms with Gasteiger partial charge in [0.25, 0.3) is 5.91 Å². The lowest BCUT2D eigenvalue weighted by molar-refractivity contribution is -0.128. The Balaban J connectivity index is 1.52. The molecule has 1 saturated heterocycles. The van der Waals surface area contributed by atoms with Crippen LogP contribution in [0.25, 0.3) is 0 Å². The number of nitrogens with one attached hydrogen (secondary N) is 3. The van der Waals surface area contributed by atoms with Crippen LogP contribution in [0, 0.1) is 19.8 Å². The van der Waals surface area contributed by atoms with Gasteiger partial charge < -0.3 is 30.7 Å². The number of rotatable bonds is 15. The first-order valence-corrected chi connectivity index (χ1v) is 16.2. The molecule has 1 heterocycles. The molecule has 0 unspecified atom stereocenters. The SMILES string of the molecule is Cc1cccc(C)c1OCC(=O)N[C@@H](Cc1ccccc1)[C@H](O)C[C@H](Cc1ccccc1)NC(=O)[C@H](C(C)C)N1CCCNC1=O. The highest BCUT2D eigenvalue weighted by atomic mass is 16.5. The Bertz CT molecular complexity index is 1410. The number of amides is 4. The Labute approximate surface area is 272 Å². The molecule has 3 aromatic rings. The van der Waals surface area contributed by atoms with E-state index in [2.05, 4.69) is 16.0 Å². The van der Waals surface area contributed by atoms with E-state index in [0.717, 1.165) is 28.7 Å². The van der Waals surface area contributed by atoms with Crippen LogP contribution in [0.2, 0.25) is 0 Å². The zero-order chi connectivity index (χ0) is 33.1. The van der Waals surface area contributed by atoms with Crippen molar-refractivity contribution in [3.8, 4) is 5.75 Å². The van der Waals surface area contributed by atoms with Gasteiger partial charge in [-0.25, -0.2) is 4.79 Å². The number of hydrogen-bond donors (Lipinski definition) is 4. The highest BCUT2D eigenvalue weighted by Crippen LogP contribution is 2.22. The lowest BCUT2D eigenvalue weighted by Gasteiger charge is -2.37. The van der Waals surface area contributed by atoms with Gasteiger partial charge in [-0.05, 0) is 67.7 Å². The molecular formula is C37H48N4O5. The molecule has 0 bridgehead atoms. The van der Waals surface area contributed by atoms with Crippen molar-refractivity contribution in [2.24, 2.45) is 5.92 Å². The minimum atomic E-state index is -0.992. The number of carbonyl (C=O) groups excluding carboxylic acids is 3. The van der Waals surface area contributed by atoms with E-state index in [1.807, 2.05) is 107 Å². The number of hydrogen-bond acceptors (Lipinski definition) is 5. The van der Waals surface area contributed by atoms with Crippen molar-refractivity contribution >= 4 is 17.8 Å². The van der Waals surface area contributed by atoms with Gasteiger partial charge in [-0.1, -0.05) is 92.7 Å². The van der Waals surface area contributed by atoms with Crippen molar-refractivity contribution < 1.29 is 24.2 Å². The zero-order valence-electron chi connectivity index (χ0n) is 27.4. The molecule has 246 valence electrons. The number of benzene rings is 3. The molecule has 0 radical (unpaired) electrons. The van der Waals surface area contributed by atoms with Gasteiger partial charge in [-0.3, -0.25) is 9.59 Å². The first-order valence-electron chi connectivity index (χ1n) is 16.2. The minimum Gasteiger partial charge on any atom is -0.483 e. The van der Waals surface area contributed by atoms with Gasteiger partial charge in [-0.2, -0.15) is 0 Å². The summed E-state index contributed by atoms with van der Waals surface area (Å²) in [5.74, 6) is -0.0493. The molecule has 3 aromatic carbocycles. The Morgan fingerprint density at radius 1 is 0.891 bits per heavy atom. The number of aryl methyl sites for hydroxylation is 2. The van der Waals surface area contributed by atoms with Crippen LogP contribution >= 0.6 is 0 Å². The topological polar surface area (TPSA) is 120 Å². The second kappa shape index (κ2) is 16.8. The second-order valence-electron chi connectivity index (χ2n) is 12.5. The number of aliphatic hydroxyl groups excluding tert-OH is 1. The first-order chi connectivity index (χ1) is 22.1. The summed E-state index contributed by atoms with van der Waals surface area (Å²) in [4.78, 5) is 41.3. The third-order valence-electron chi connectivity index (χ3n) is 8.41. The summed E-state index contributed by atoms with van der Waals surface area (Å²) in [5.41, 5.74) is 3.84. The van der Waals surface area contributed by atoms with Crippen molar-refractivity contribution in [2.75, 3.05) is 19.7 Å². The molecule has 0 aromatic heterocycles. The van der Waals surface area contributed by atoms with Crippen LogP contribution in [0.3, 0.4) is 0 Å². The van der Waals surface area contributed by atoms with Crippen LogP contribution in [0.4, 0.5) is 4.79 Å². The quantitative estimate of drug-likeness (QED) is 0.200. The number of para-hydroxylation sites is 1. The lowest BCUT2D eigenvalue weighted by Crippen LogP contribution is -2.59. The van der Waals surface area contributed by atoms with E-state index in [0.29, 0.717) is 31.7 Å². The fourth-order valence-electron chi connectivity index (χ4n) is 6.12. The number of ether oxygens (including phenoxy) is 1. The lowest BCUT2D eigenvalue weighted by atomic mass is 9.92. The van der Waals surface area contributed by atoms with Crippen LogP contribution in [0.1, 0.15) is 48.9 Å². The summed E-state index contributed by atoms with van der Waals surface area (Å²) in [6, 6.07) is 23.3. The van der Waals surface area contributed by atoms with E-state index in [-0.39, 0.29) is 36.8 Å². The van der Waals surface area contributed by atoms with Crippen molar-refractivity contribution in [3.63, 3.8) is 0 Å². The molecule has 0 aliphatic carbocycles. The summed E-state index contributed by atoms with van der Waals surface area (Å²) in [6.07, 6.45) is 0.831. The van der Waals surface area contributed by atoms with Crippen LogP contribution in [0.5, 0.6) is 5.75 Å². The molecule has 9 nitrogen and oxygen atoms in total.